The second kappa shape index (κ2) is 8.31. The number of hydrogen-bond acceptors (Lipinski definition) is 3. The third-order valence-corrected chi connectivity index (χ3v) is 6.17. The Bertz CT molecular complexity index is 1060. The number of rotatable bonds is 4. The van der Waals surface area contributed by atoms with Gasteiger partial charge in [0.05, 0.1) is 11.1 Å². The minimum absolute atomic E-state index is 0.0101. The zero-order valence-corrected chi connectivity index (χ0v) is 17.3. The lowest BCUT2D eigenvalue weighted by molar-refractivity contribution is -0.137. The quantitative estimate of drug-likeness (QED) is 0.634. The Labute approximate surface area is 186 Å². The van der Waals surface area contributed by atoms with E-state index in [0.29, 0.717) is 5.56 Å². The molecule has 1 aliphatic heterocycles. The minimum Gasteiger partial charge on any atom is -0.507 e. The normalized spacial score (nSPS) is 20.6. The molecule has 176 valence electrons. The first-order valence-electron chi connectivity index (χ1n) is 10.4. The third kappa shape index (κ3) is 4.51. The molecule has 0 radical (unpaired) electrons. The number of aromatic hydroxyl groups is 1. The SMILES string of the molecule is O=C(NCc1ccc(C(F)(F)F)cc1)C1c2cccc(O)c2C(=O)N1C1CCC(F)(F)CC1. The Hall–Kier alpha value is -3.17. The van der Waals surface area contributed by atoms with Crippen molar-refractivity contribution in [1.82, 2.24) is 10.2 Å². The average Bonchev–Trinajstić information content (AvgIpc) is 3.05. The summed E-state index contributed by atoms with van der Waals surface area (Å²) >= 11 is 0. The van der Waals surface area contributed by atoms with E-state index < -0.39 is 54.4 Å². The summed E-state index contributed by atoms with van der Waals surface area (Å²) in [5.74, 6) is -4.34. The van der Waals surface area contributed by atoms with E-state index in [0.717, 1.165) is 12.1 Å². The van der Waals surface area contributed by atoms with Gasteiger partial charge in [0.1, 0.15) is 11.8 Å². The number of nitrogens with zero attached hydrogens (tertiary/aromatic N) is 1. The summed E-state index contributed by atoms with van der Waals surface area (Å²) < 4.78 is 65.5. The highest BCUT2D eigenvalue weighted by molar-refractivity contribution is 6.06. The number of fused-ring (bicyclic) bond motifs is 1. The van der Waals surface area contributed by atoms with Gasteiger partial charge in [0.15, 0.2) is 0 Å². The zero-order chi connectivity index (χ0) is 24.0. The third-order valence-electron chi connectivity index (χ3n) is 6.17. The van der Waals surface area contributed by atoms with Gasteiger partial charge in [0, 0.05) is 31.0 Å². The Morgan fingerprint density at radius 3 is 2.33 bits per heavy atom. The summed E-state index contributed by atoms with van der Waals surface area (Å²) in [6.45, 7) is -0.0909. The number of phenolic OH excluding ortho intramolecular Hbond substituents is 1. The fourth-order valence-electron chi connectivity index (χ4n) is 4.46. The summed E-state index contributed by atoms with van der Waals surface area (Å²) in [5, 5.41) is 12.8. The van der Waals surface area contributed by atoms with Gasteiger partial charge in [-0.05, 0) is 36.6 Å². The van der Waals surface area contributed by atoms with Gasteiger partial charge < -0.3 is 15.3 Å². The van der Waals surface area contributed by atoms with Crippen molar-refractivity contribution >= 4 is 11.8 Å². The Kier molecular flexibility index (Phi) is 5.79. The first kappa shape index (κ1) is 23.0. The molecule has 1 heterocycles. The summed E-state index contributed by atoms with van der Waals surface area (Å²) in [6.07, 6.45) is -5.28. The van der Waals surface area contributed by atoms with Crippen LogP contribution >= 0.6 is 0 Å². The molecule has 5 nitrogen and oxygen atoms in total. The van der Waals surface area contributed by atoms with Crippen LogP contribution in [0.5, 0.6) is 5.75 Å². The van der Waals surface area contributed by atoms with Gasteiger partial charge in [-0.25, -0.2) is 8.78 Å². The predicted molar refractivity (Wildman–Crippen MR) is 108 cm³/mol. The van der Waals surface area contributed by atoms with Crippen molar-refractivity contribution in [2.24, 2.45) is 0 Å². The number of carbonyl (C=O) groups is 2. The number of nitrogens with one attached hydrogen (secondary N) is 1. The molecular formula is C23H21F5N2O3. The number of hydrogen-bond donors (Lipinski definition) is 2. The summed E-state index contributed by atoms with van der Waals surface area (Å²) in [7, 11) is 0. The van der Waals surface area contributed by atoms with Crippen LogP contribution in [0.15, 0.2) is 42.5 Å². The van der Waals surface area contributed by atoms with E-state index in [9.17, 15) is 36.6 Å². The first-order chi connectivity index (χ1) is 15.5. The number of alkyl halides is 5. The van der Waals surface area contributed by atoms with Crippen LogP contribution < -0.4 is 5.32 Å². The van der Waals surface area contributed by atoms with Gasteiger partial charge in [-0.3, -0.25) is 9.59 Å². The highest BCUT2D eigenvalue weighted by Gasteiger charge is 2.48. The smallest absolute Gasteiger partial charge is 0.416 e. The monoisotopic (exact) mass is 468 g/mol. The molecule has 0 aromatic heterocycles. The van der Waals surface area contributed by atoms with Crippen LogP contribution in [0.4, 0.5) is 22.0 Å². The molecule has 1 fully saturated rings. The molecule has 33 heavy (non-hydrogen) atoms. The maximum Gasteiger partial charge on any atom is 0.416 e. The van der Waals surface area contributed by atoms with E-state index in [1.165, 1.54) is 35.2 Å². The molecule has 4 rings (SSSR count). The van der Waals surface area contributed by atoms with E-state index in [-0.39, 0.29) is 36.3 Å². The average molecular weight is 468 g/mol. The molecular weight excluding hydrogens is 447 g/mol. The van der Waals surface area contributed by atoms with Crippen molar-refractivity contribution in [2.75, 3.05) is 0 Å². The molecule has 2 aliphatic rings. The van der Waals surface area contributed by atoms with Gasteiger partial charge in [-0.2, -0.15) is 13.2 Å². The van der Waals surface area contributed by atoms with Crippen molar-refractivity contribution < 1.29 is 36.6 Å². The van der Waals surface area contributed by atoms with E-state index in [2.05, 4.69) is 5.32 Å². The molecule has 1 aliphatic carbocycles. The van der Waals surface area contributed by atoms with Crippen molar-refractivity contribution in [3.63, 3.8) is 0 Å². The van der Waals surface area contributed by atoms with Crippen LogP contribution in [0.3, 0.4) is 0 Å². The lowest BCUT2D eigenvalue weighted by Gasteiger charge is -2.37. The predicted octanol–water partition coefficient (Wildman–Crippen LogP) is 4.80. The van der Waals surface area contributed by atoms with E-state index in [1.54, 1.807) is 0 Å². The van der Waals surface area contributed by atoms with Gasteiger partial charge in [-0.15, -0.1) is 0 Å². The number of amides is 2. The molecule has 0 bridgehead atoms. The van der Waals surface area contributed by atoms with Gasteiger partial charge >= 0.3 is 6.18 Å². The second-order valence-corrected chi connectivity index (χ2v) is 8.36. The van der Waals surface area contributed by atoms with Crippen molar-refractivity contribution in [2.45, 2.75) is 56.4 Å². The molecule has 2 aromatic carbocycles. The molecule has 2 aromatic rings. The van der Waals surface area contributed by atoms with E-state index in [1.807, 2.05) is 0 Å². The van der Waals surface area contributed by atoms with Crippen molar-refractivity contribution in [1.29, 1.82) is 0 Å². The van der Waals surface area contributed by atoms with Crippen molar-refractivity contribution in [3.05, 3.63) is 64.7 Å². The molecule has 0 spiro atoms. The molecule has 1 unspecified atom stereocenters. The summed E-state index contributed by atoms with van der Waals surface area (Å²) in [5.41, 5.74) is -0.170. The molecule has 2 amide bonds. The van der Waals surface area contributed by atoms with E-state index >= 15 is 0 Å². The maximum absolute atomic E-state index is 13.7. The summed E-state index contributed by atoms with van der Waals surface area (Å²) in [6, 6.07) is 6.87. The van der Waals surface area contributed by atoms with Crippen LogP contribution in [0.25, 0.3) is 0 Å². The minimum atomic E-state index is -4.48. The molecule has 0 saturated heterocycles. The van der Waals surface area contributed by atoms with Crippen LogP contribution in [-0.2, 0) is 17.5 Å². The molecule has 10 heteroatoms. The highest BCUT2D eigenvalue weighted by Crippen LogP contribution is 2.44. The molecule has 1 saturated carbocycles. The van der Waals surface area contributed by atoms with Crippen molar-refractivity contribution in [3.8, 4) is 5.75 Å². The molecule has 1 atom stereocenters. The number of benzene rings is 2. The largest absolute Gasteiger partial charge is 0.507 e. The van der Waals surface area contributed by atoms with Gasteiger partial charge in [0.25, 0.3) is 5.91 Å². The Morgan fingerprint density at radius 1 is 1.09 bits per heavy atom. The highest BCUT2D eigenvalue weighted by atomic mass is 19.4. The van der Waals surface area contributed by atoms with Gasteiger partial charge in [0.2, 0.25) is 11.8 Å². The van der Waals surface area contributed by atoms with Gasteiger partial charge in [-0.1, -0.05) is 24.3 Å². The van der Waals surface area contributed by atoms with Crippen LogP contribution in [0.1, 0.15) is 58.8 Å². The number of carbonyl (C=O) groups excluding carboxylic acids is 2. The fourth-order valence-corrected chi connectivity index (χ4v) is 4.46. The second-order valence-electron chi connectivity index (χ2n) is 8.36. The summed E-state index contributed by atoms with van der Waals surface area (Å²) in [4.78, 5) is 27.5. The molecule has 2 N–H and O–H groups in total. The van der Waals surface area contributed by atoms with E-state index in [4.69, 9.17) is 0 Å². The first-order valence-corrected chi connectivity index (χ1v) is 10.4. The zero-order valence-electron chi connectivity index (χ0n) is 17.3. The Balaban J connectivity index is 1.56. The topological polar surface area (TPSA) is 69.6 Å². The van der Waals surface area contributed by atoms with Crippen LogP contribution in [0, 0.1) is 0 Å². The van der Waals surface area contributed by atoms with Crippen LogP contribution in [0.2, 0.25) is 0 Å². The Morgan fingerprint density at radius 2 is 1.73 bits per heavy atom. The van der Waals surface area contributed by atoms with Crippen LogP contribution in [-0.4, -0.2) is 33.8 Å². The fraction of sp³-hybridized carbons (Fsp3) is 0.391. The number of phenols is 1. The standard InChI is InChI=1S/C23H21F5N2O3/c24-22(25)10-8-15(9-11-22)30-19(16-2-1-3-17(31)18(16)21(30)33)20(32)29-12-13-4-6-14(7-5-13)23(26,27)28/h1-7,15,19,31H,8-12H2,(H,29,32). The lowest BCUT2D eigenvalue weighted by atomic mass is 9.90. The maximum atomic E-state index is 13.7. The lowest BCUT2D eigenvalue weighted by Crippen LogP contribution is -2.47. The number of halogens is 5.